The van der Waals surface area contributed by atoms with Crippen LogP contribution in [0.1, 0.15) is 52.1 Å². The molecule has 4 rings (SSSR count). The Labute approximate surface area is 208 Å². The van der Waals surface area contributed by atoms with Crippen molar-refractivity contribution in [2.45, 2.75) is 53.4 Å². The van der Waals surface area contributed by atoms with Crippen molar-refractivity contribution in [1.29, 1.82) is 0 Å². The van der Waals surface area contributed by atoms with E-state index in [0.29, 0.717) is 0 Å². The number of thioether (sulfide) groups is 1. The molecule has 0 aliphatic heterocycles. The topological polar surface area (TPSA) is 12.9 Å². The van der Waals surface area contributed by atoms with E-state index in [1.165, 1.54) is 20.7 Å². The maximum absolute atomic E-state index is 4.96. The van der Waals surface area contributed by atoms with Gasteiger partial charge in [-0.05, 0) is 30.2 Å². The highest BCUT2D eigenvalue weighted by Crippen LogP contribution is 2.39. The molecule has 0 unspecified atom stereocenters. The molecule has 1 aromatic heterocycles. The van der Waals surface area contributed by atoms with Crippen LogP contribution in [0, 0.1) is 17.8 Å². The first kappa shape index (κ1) is 25.3. The highest BCUT2D eigenvalue weighted by molar-refractivity contribution is 8.03. The summed E-state index contributed by atoms with van der Waals surface area (Å²) in [5.74, 6) is 0. The Balaban J connectivity index is 0.00000149. The second-order valence-corrected chi connectivity index (χ2v) is 11.6. The van der Waals surface area contributed by atoms with Crippen molar-refractivity contribution in [2.75, 3.05) is 0 Å². The molecule has 0 radical (unpaired) electrons. The van der Waals surface area contributed by atoms with Crippen molar-refractivity contribution in [3.63, 3.8) is 0 Å². The Kier molecular flexibility index (Phi) is 7.87. The van der Waals surface area contributed by atoms with Gasteiger partial charge in [-0.1, -0.05) is 121 Å². The van der Waals surface area contributed by atoms with Crippen LogP contribution in [0.3, 0.4) is 0 Å². The van der Waals surface area contributed by atoms with E-state index in [1.54, 1.807) is 23.1 Å². The second kappa shape index (κ2) is 10.3. The van der Waals surface area contributed by atoms with Crippen molar-refractivity contribution < 1.29 is 0 Å². The van der Waals surface area contributed by atoms with Crippen molar-refractivity contribution in [2.24, 2.45) is 10.8 Å². The van der Waals surface area contributed by atoms with Gasteiger partial charge in [-0.15, -0.1) is 11.3 Å². The highest BCUT2D eigenvalue weighted by Gasteiger charge is 2.16. The van der Waals surface area contributed by atoms with Crippen LogP contribution in [0.4, 0.5) is 0 Å². The van der Waals surface area contributed by atoms with Crippen LogP contribution in [0.5, 0.6) is 0 Å². The summed E-state index contributed by atoms with van der Waals surface area (Å²) in [5, 5.41) is 1.07. The first-order valence-electron chi connectivity index (χ1n) is 11.6. The van der Waals surface area contributed by atoms with E-state index in [4.69, 9.17) is 4.98 Å². The molecule has 172 valence electrons. The summed E-state index contributed by atoms with van der Waals surface area (Å²) in [6.45, 7) is 19.4. The third-order valence-corrected chi connectivity index (χ3v) is 7.68. The molecule has 0 amide bonds. The lowest BCUT2D eigenvalue weighted by molar-refractivity contribution is 0.627. The fraction of sp³-hybridized carbons (Fsp3) is 0.300. The number of fused-ring (bicyclic) bond motifs is 1. The molecule has 0 spiro atoms. The van der Waals surface area contributed by atoms with Crippen molar-refractivity contribution in [3.05, 3.63) is 101 Å². The maximum atomic E-state index is 4.96. The van der Waals surface area contributed by atoms with E-state index in [0.717, 1.165) is 21.0 Å². The van der Waals surface area contributed by atoms with Crippen LogP contribution < -0.4 is 0 Å². The Bertz CT molecular complexity index is 1220. The normalized spacial score (nSPS) is 18.2. The Morgan fingerprint density at radius 1 is 0.909 bits per heavy atom. The first-order valence-corrected chi connectivity index (χ1v) is 13.2. The summed E-state index contributed by atoms with van der Waals surface area (Å²) in [4.78, 5) is 7.23. The molecule has 0 atom stereocenters. The summed E-state index contributed by atoms with van der Waals surface area (Å²) in [6, 6.07) is 4.47. The molecule has 2 aromatic rings. The van der Waals surface area contributed by atoms with E-state index >= 15 is 0 Å². The number of nitrogens with zero attached hydrogens (tertiary/aromatic N) is 1. The zero-order valence-corrected chi connectivity index (χ0v) is 22.5. The van der Waals surface area contributed by atoms with Gasteiger partial charge in [-0.3, -0.25) is 0 Å². The third kappa shape index (κ3) is 6.37. The van der Waals surface area contributed by atoms with Gasteiger partial charge in [0.15, 0.2) is 0 Å². The largest absolute Gasteiger partial charge is 0.236 e. The number of rotatable bonds is 4. The number of aryl methyl sites for hydroxylation is 1. The van der Waals surface area contributed by atoms with Crippen LogP contribution in [-0.4, -0.2) is 4.98 Å². The average molecular weight is 474 g/mol. The van der Waals surface area contributed by atoms with Gasteiger partial charge in [0.05, 0.1) is 10.2 Å². The molecule has 0 fully saturated rings. The lowest BCUT2D eigenvalue weighted by Crippen LogP contribution is -2.00. The lowest BCUT2D eigenvalue weighted by atomic mass is 9.93. The summed E-state index contributed by atoms with van der Waals surface area (Å²) in [5.41, 5.74) is 4.78. The molecule has 0 saturated carbocycles. The second-order valence-electron chi connectivity index (χ2n) is 9.40. The fourth-order valence-corrected chi connectivity index (χ4v) is 5.40. The summed E-state index contributed by atoms with van der Waals surface area (Å²) in [6.07, 6.45) is 21.9. The highest BCUT2D eigenvalue weighted by atomic mass is 32.2. The van der Waals surface area contributed by atoms with Crippen LogP contribution in [0.25, 0.3) is 15.8 Å². The van der Waals surface area contributed by atoms with Gasteiger partial charge in [0.1, 0.15) is 5.01 Å². The zero-order chi connectivity index (χ0) is 24.2. The SMILES string of the molecule is C=C(Sc1cc2nc(C3=CC=CC(C)(C)C=C3)sc2cc1C)C1=CC=CC(C)(C)C=C1.CC. The van der Waals surface area contributed by atoms with Crippen LogP contribution in [0.15, 0.2) is 94.8 Å². The average Bonchev–Trinajstić information content (AvgIpc) is 2.94. The quantitative estimate of drug-likeness (QED) is 0.410. The molecule has 33 heavy (non-hydrogen) atoms. The van der Waals surface area contributed by atoms with E-state index in [1.807, 2.05) is 13.8 Å². The van der Waals surface area contributed by atoms with E-state index in [-0.39, 0.29) is 10.8 Å². The molecule has 1 heterocycles. The smallest absolute Gasteiger partial charge is 0.124 e. The number of benzene rings is 1. The number of aromatic nitrogens is 1. The molecule has 3 heteroatoms. The first-order chi connectivity index (χ1) is 15.6. The zero-order valence-electron chi connectivity index (χ0n) is 20.9. The number of thiazole rings is 1. The third-order valence-electron chi connectivity index (χ3n) is 5.48. The minimum atomic E-state index is 0.0700. The van der Waals surface area contributed by atoms with Gasteiger partial charge in [0.2, 0.25) is 0 Å². The van der Waals surface area contributed by atoms with Gasteiger partial charge in [-0.2, -0.15) is 0 Å². The summed E-state index contributed by atoms with van der Waals surface area (Å²) >= 11 is 3.48. The molecule has 2 aliphatic rings. The molecular formula is C30H35NS2. The standard InChI is InChI=1S/C28H29NS2.C2H6/c1-19-17-25-23(29-26(31-25)22-10-8-14-28(5,6)16-12-22)18-24(19)30-20(2)21-9-7-13-27(3,4)15-11-21;1-2/h7-18H,2H2,1,3-6H3;1-2H3. The van der Waals surface area contributed by atoms with Gasteiger partial charge in [-0.25, -0.2) is 4.98 Å². The maximum Gasteiger partial charge on any atom is 0.124 e. The fourth-order valence-electron chi connectivity index (χ4n) is 3.44. The van der Waals surface area contributed by atoms with Gasteiger partial charge in [0, 0.05) is 26.2 Å². The molecule has 2 aliphatic carbocycles. The Hall–Kier alpha value is -2.36. The van der Waals surface area contributed by atoms with Gasteiger partial charge >= 0.3 is 0 Å². The molecule has 0 N–H and O–H groups in total. The predicted octanol–water partition coefficient (Wildman–Crippen LogP) is 9.85. The van der Waals surface area contributed by atoms with Crippen molar-refractivity contribution >= 4 is 38.9 Å². The summed E-state index contributed by atoms with van der Waals surface area (Å²) < 4.78 is 1.22. The monoisotopic (exact) mass is 473 g/mol. The molecule has 1 nitrogen and oxygen atoms in total. The molecular weight excluding hydrogens is 438 g/mol. The minimum absolute atomic E-state index is 0.0700. The van der Waals surface area contributed by atoms with E-state index in [9.17, 15) is 0 Å². The van der Waals surface area contributed by atoms with Crippen molar-refractivity contribution in [3.8, 4) is 0 Å². The molecule has 1 aromatic carbocycles. The van der Waals surface area contributed by atoms with Crippen LogP contribution >= 0.6 is 23.1 Å². The van der Waals surface area contributed by atoms with E-state index < -0.39 is 0 Å². The van der Waals surface area contributed by atoms with Gasteiger partial charge in [0.25, 0.3) is 0 Å². The molecule has 0 saturated heterocycles. The van der Waals surface area contributed by atoms with Gasteiger partial charge < -0.3 is 0 Å². The number of allylic oxidation sites excluding steroid dienone is 12. The lowest BCUT2D eigenvalue weighted by Gasteiger charge is -2.13. The minimum Gasteiger partial charge on any atom is -0.236 e. The van der Waals surface area contributed by atoms with Crippen molar-refractivity contribution in [1.82, 2.24) is 4.98 Å². The van der Waals surface area contributed by atoms with E-state index in [2.05, 4.69) is 114 Å². The van der Waals surface area contributed by atoms with Crippen LogP contribution in [0.2, 0.25) is 0 Å². The number of hydrogen-bond acceptors (Lipinski definition) is 3. The van der Waals surface area contributed by atoms with Crippen LogP contribution in [-0.2, 0) is 0 Å². The predicted molar refractivity (Wildman–Crippen MR) is 151 cm³/mol. The Morgan fingerprint density at radius 3 is 2.24 bits per heavy atom. The summed E-state index contributed by atoms with van der Waals surface area (Å²) in [7, 11) is 0. The molecule has 0 bridgehead atoms. The Morgan fingerprint density at radius 2 is 1.55 bits per heavy atom. The number of hydrogen-bond donors (Lipinski definition) is 0.